The van der Waals surface area contributed by atoms with Gasteiger partial charge in [0.05, 0.1) is 25.8 Å². The molecule has 0 aliphatic carbocycles. The molecule has 1 aliphatic rings. The van der Waals surface area contributed by atoms with Crippen LogP contribution in [0.4, 0.5) is 5.82 Å². The summed E-state index contributed by atoms with van der Waals surface area (Å²) in [5.41, 5.74) is 1.54. The van der Waals surface area contributed by atoms with Crippen LogP contribution >= 0.6 is 0 Å². The summed E-state index contributed by atoms with van der Waals surface area (Å²) in [4.78, 5) is 19.1. The molecule has 1 amide bonds. The molecule has 2 heterocycles. The molecule has 1 aromatic carbocycles. The maximum atomic E-state index is 12.8. The number of benzene rings is 1. The SMILES string of the molecule is COc1ccc(OC)c(C(C)Nc2ncccc2C(=O)N2CCCC2)c1. The van der Waals surface area contributed by atoms with Crippen molar-refractivity contribution in [1.82, 2.24) is 9.88 Å². The number of anilines is 1. The molecule has 1 aliphatic heterocycles. The number of carbonyl (C=O) groups is 1. The number of nitrogens with zero attached hydrogens (tertiary/aromatic N) is 2. The molecule has 2 aromatic rings. The van der Waals surface area contributed by atoms with Gasteiger partial charge in [0.1, 0.15) is 17.3 Å². The first-order valence-corrected chi connectivity index (χ1v) is 8.86. The molecule has 1 fully saturated rings. The first-order valence-electron chi connectivity index (χ1n) is 8.86. The number of rotatable bonds is 6. The van der Waals surface area contributed by atoms with Crippen LogP contribution in [-0.4, -0.2) is 43.1 Å². The maximum absolute atomic E-state index is 12.8. The van der Waals surface area contributed by atoms with Gasteiger partial charge in [-0.05, 0) is 50.1 Å². The summed E-state index contributed by atoms with van der Waals surface area (Å²) < 4.78 is 10.8. The lowest BCUT2D eigenvalue weighted by Gasteiger charge is -2.21. The van der Waals surface area contributed by atoms with Gasteiger partial charge in [-0.1, -0.05) is 0 Å². The molecule has 138 valence electrons. The molecule has 1 atom stereocenters. The second-order valence-electron chi connectivity index (χ2n) is 6.37. The van der Waals surface area contributed by atoms with Crippen molar-refractivity contribution < 1.29 is 14.3 Å². The van der Waals surface area contributed by atoms with E-state index in [-0.39, 0.29) is 11.9 Å². The summed E-state index contributed by atoms with van der Waals surface area (Å²) in [6.07, 6.45) is 3.82. The third-order valence-electron chi connectivity index (χ3n) is 4.69. The van der Waals surface area contributed by atoms with Gasteiger partial charge in [0, 0.05) is 24.8 Å². The Bertz CT molecular complexity index is 773. The van der Waals surface area contributed by atoms with Crippen molar-refractivity contribution in [2.45, 2.75) is 25.8 Å². The van der Waals surface area contributed by atoms with Gasteiger partial charge in [0.15, 0.2) is 0 Å². The zero-order valence-corrected chi connectivity index (χ0v) is 15.5. The molecule has 0 radical (unpaired) electrons. The Morgan fingerprint density at radius 3 is 2.65 bits per heavy atom. The zero-order valence-electron chi connectivity index (χ0n) is 15.5. The molecule has 6 nitrogen and oxygen atoms in total. The van der Waals surface area contributed by atoms with Gasteiger partial charge >= 0.3 is 0 Å². The lowest BCUT2D eigenvalue weighted by atomic mass is 10.1. The standard InChI is InChI=1S/C20H25N3O3/c1-14(17-13-15(25-2)8-9-18(17)26-3)22-19-16(7-6-10-21-19)20(24)23-11-4-5-12-23/h6-10,13-14H,4-5,11-12H2,1-3H3,(H,21,22). The van der Waals surface area contributed by atoms with Crippen LogP contribution < -0.4 is 14.8 Å². The van der Waals surface area contributed by atoms with E-state index in [1.165, 1.54) is 0 Å². The van der Waals surface area contributed by atoms with E-state index in [2.05, 4.69) is 10.3 Å². The van der Waals surface area contributed by atoms with E-state index in [4.69, 9.17) is 9.47 Å². The number of aromatic nitrogens is 1. The smallest absolute Gasteiger partial charge is 0.257 e. The van der Waals surface area contributed by atoms with E-state index in [0.717, 1.165) is 43.0 Å². The maximum Gasteiger partial charge on any atom is 0.257 e. The van der Waals surface area contributed by atoms with Gasteiger partial charge in [0.25, 0.3) is 5.91 Å². The number of nitrogens with one attached hydrogen (secondary N) is 1. The third-order valence-corrected chi connectivity index (χ3v) is 4.69. The van der Waals surface area contributed by atoms with Crippen molar-refractivity contribution >= 4 is 11.7 Å². The van der Waals surface area contributed by atoms with E-state index in [9.17, 15) is 4.79 Å². The number of likely N-dealkylation sites (tertiary alicyclic amines) is 1. The fourth-order valence-electron chi connectivity index (χ4n) is 3.24. The summed E-state index contributed by atoms with van der Waals surface area (Å²) in [6.45, 7) is 3.63. The quantitative estimate of drug-likeness (QED) is 0.859. The molecule has 0 bridgehead atoms. The second kappa shape index (κ2) is 8.08. The van der Waals surface area contributed by atoms with Crippen LogP contribution in [0.2, 0.25) is 0 Å². The van der Waals surface area contributed by atoms with Crippen molar-refractivity contribution in [3.05, 3.63) is 47.7 Å². The van der Waals surface area contributed by atoms with Crippen molar-refractivity contribution in [2.75, 3.05) is 32.6 Å². The van der Waals surface area contributed by atoms with Crippen molar-refractivity contribution in [3.63, 3.8) is 0 Å². The average Bonchev–Trinajstić information content (AvgIpc) is 3.22. The molecule has 1 N–H and O–H groups in total. The zero-order chi connectivity index (χ0) is 18.5. The van der Waals surface area contributed by atoms with Crippen LogP contribution in [0.15, 0.2) is 36.5 Å². The lowest BCUT2D eigenvalue weighted by molar-refractivity contribution is 0.0793. The Labute approximate surface area is 154 Å². The minimum absolute atomic E-state index is 0.0305. The summed E-state index contributed by atoms with van der Waals surface area (Å²) in [5, 5.41) is 3.36. The van der Waals surface area contributed by atoms with Crippen molar-refractivity contribution in [3.8, 4) is 11.5 Å². The highest BCUT2D eigenvalue weighted by atomic mass is 16.5. The largest absolute Gasteiger partial charge is 0.497 e. The molecule has 3 rings (SSSR count). The lowest BCUT2D eigenvalue weighted by Crippen LogP contribution is -2.28. The number of ether oxygens (including phenoxy) is 2. The number of hydrogen-bond donors (Lipinski definition) is 1. The highest BCUT2D eigenvalue weighted by Crippen LogP contribution is 2.31. The Balaban J connectivity index is 1.86. The van der Waals surface area contributed by atoms with E-state index in [1.54, 1.807) is 26.5 Å². The first kappa shape index (κ1) is 18.0. The fourth-order valence-corrected chi connectivity index (χ4v) is 3.24. The Morgan fingerprint density at radius 2 is 1.96 bits per heavy atom. The van der Waals surface area contributed by atoms with Gasteiger partial charge in [-0.25, -0.2) is 4.98 Å². The van der Waals surface area contributed by atoms with Gasteiger partial charge in [-0.3, -0.25) is 4.79 Å². The molecule has 26 heavy (non-hydrogen) atoms. The Kier molecular flexibility index (Phi) is 5.61. The molecular weight excluding hydrogens is 330 g/mol. The number of methoxy groups -OCH3 is 2. The van der Waals surface area contributed by atoms with E-state index >= 15 is 0 Å². The van der Waals surface area contributed by atoms with Gasteiger partial charge in [0.2, 0.25) is 0 Å². The monoisotopic (exact) mass is 355 g/mol. The van der Waals surface area contributed by atoms with Crippen LogP contribution in [-0.2, 0) is 0 Å². The van der Waals surface area contributed by atoms with Crippen molar-refractivity contribution in [2.24, 2.45) is 0 Å². The summed E-state index contributed by atoms with van der Waals surface area (Å²) in [5.74, 6) is 2.13. The van der Waals surface area contributed by atoms with Crippen LogP contribution in [0.3, 0.4) is 0 Å². The molecule has 1 saturated heterocycles. The number of carbonyl (C=O) groups excluding carboxylic acids is 1. The molecule has 1 unspecified atom stereocenters. The Hall–Kier alpha value is -2.76. The molecule has 6 heteroatoms. The van der Waals surface area contributed by atoms with E-state index < -0.39 is 0 Å². The number of hydrogen-bond acceptors (Lipinski definition) is 5. The van der Waals surface area contributed by atoms with Crippen molar-refractivity contribution in [1.29, 1.82) is 0 Å². The van der Waals surface area contributed by atoms with Gasteiger partial charge in [-0.2, -0.15) is 0 Å². The average molecular weight is 355 g/mol. The predicted octanol–water partition coefficient (Wildman–Crippen LogP) is 3.51. The summed E-state index contributed by atoms with van der Waals surface area (Å²) >= 11 is 0. The first-order chi connectivity index (χ1) is 12.6. The molecule has 1 aromatic heterocycles. The normalized spacial score (nSPS) is 14.8. The minimum Gasteiger partial charge on any atom is -0.497 e. The number of amides is 1. The number of pyridine rings is 1. The second-order valence-corrected chi connectivity index (χ2v) is 6.37. The third kappa shape index (κ3) is 3.74. The Morgan fingerprint density at radius 1 is 1.19 bits per heavy atom. The van der Waals surface area contributed by atoms with Crippen LogP contribution in [0.1, 0.15) is 41.7 Å². The summed E-state index contributed by atoms with van der Waals surface area (Å²) in [6, 6.07) is 9.18. The highest BCUT2D eigenvalue weighted by Gasteiger charge is 2.23. The van der Waals surface area contributed by atoms with Crippen LogP contribution in [0.25, 0.3) is 0 Å². The molecule has 0 spiro atoms. The minimum atomic E-state index is -0.111. The van der Waals surface area contributed by atoms with Gasteiger partial charge in [-0.15, -0.1) is 0 Å². The summed E-state index contributed by atoms with van der Waals surface area (Å²) in [7, 11) is 3.27. The fraction of sp³-hybridized carbons (Fsp3) is 0.400. The predicted molar refractivity (Wildman–Crippen MR) is 101 cm³/mol. The van der Waals surface area contributed by atoms with Gasteiger partial charge < -0.3 is 19.7 Å². The van der Waals surface area contributed by atoms with Crippen LogP contribution in [0, 0.1) is 0 Å². The topological polar surface area (TPSA) is 63.7 Å². The van der Waals surface area contributed by atoms with Crippen LogP contribution in [0.5, 0.6) is 11.5 Å². The highest BCUT2D eigenvalue weighted by molar-refractivity contribution is 5.98. The van der Waals surface area contributed by atoms with E-state index in [0.29, 0.717) is 11.4 Å². The molecule has 0 saturated carbocycles. The van der Waals surface area contributed by atoms with E-state index in [1.807, 2.05) is 36.1 Å². The molecular formula is C20H25N3O3.